The predicted molar refractivity (Wildman–Crippen MR) is 66.9 cm³/mol. The summed E-state index contributed by atoms with van der Waals surface area (Å²) in [5.74, 6) is 0.183. The zero-order valence-corrected chi connectivity index (χ0v) is 10.3. The van der Waals surface area contributed by atoms with E-state index in [-0.39, 0.29) is 5.91 Å². The second kappa shape index (κ2) is 6.18. The average molecular weight is 244 g/mol. The molecule has 18 heavy (non-hydrogen) atoms. The van der Waals surface area contributed by atoms with Gasteiger partial charge in [-0.05, 0) is 24.1 Å². The molecule has 94 valence electrons. The molecule has 1 aliphatic heterocycles. The molecule has 4 nitrogen and oxygen atoms in total. The van der Waals surface area contributed by atoms with Crippen molar-refractivity contribution >= 4 is 5.91 Å². The number of amides is 1. The topological polar surface area (TPSA) is 53.3 Å². The third-order valence-corrected chi connectivity index (χ3v) is 3.07. The van der Waals surface area contributed by atoms with Crippen LogP contribution in [0.4, 0.5) is 0 Å². The summed E-state index contributed by atoms with van der Waals surface area (Å²) in [5, 5.41) is 8.69. The molecule has 1 fully saturated rings. The fourth-order valence-electron chi connectivity index (χ4n) is 1.97. The molecule has 0 N–H and O–H groups in total. The van der Waals surface area contributed by atoms with Crippen LogP contribution in [0.1, 0.15) is 17.5 Å². The number of aryl methyl sites for hydroxylation is 1. The van der Waals surface area contributed by atoms with Crippen molar-refractivity contribution in [2.75, 3.05) is 26.3 Å². The van der Waals surface area contributed by atoms with Gasteiger partial charge in [0.2, 0.25) is 5.91 Å². The van der Waals surface area contributed by atoms with Gasteiger partial charge in [0, 0.05) is 19.5 Å². The molecule has 1 heterocycles. The van der Waals surface area contributed by atoms with Crippen molar-refractivity contribution in [3.05, 3.63) is 35.4 Å². The fraction of sp³-hybridized carbons (Fsp3) is 0.429. The van der Waals surface area contributed by atoms with Gasteiger partial charge < -0.3 is 9.64 Å². The number of nitrogens with zero attached hydrogens (tertiary/aromatic N) is 2. The molecule has 1 aliphatic rings. The zero-order chi connectivity index (χ0) is 12.8. The van der Waals surface area contributed by atoms with Crippen LogP contribution in [0.25, 0.3) is 0 Å². The minimum atomic E-state index is 0.183. The van der Waals surface area contributed by atoms with E-state index in [4.69, 9.17) is 10.00 Å². The van der Waals surface area contributed by atoms with E-state index in [1.54, 1.807) is 12.1 Å². The number of carbonyl (C=O) groups excluding carboxylic acids is 1. The Hall–Kier alpha value is -1.86. The molecule has 0 radical (unpaired) electrons. The molecule has 4 heteroatoms. The van der Waals surface area contributed by atoms with E-state index in [0.29, 0.717) is 38.3 Å². The Bertz CT molecular complexity index is 442. The molecule has 0 unspecified atom stereocenters. The summed E-state index contributed by atoms with van der Waals surface area (Å²) in [4.78, 5) is 13.8. The average Bonchev–Trinajstić information content (AvgIpc) is 2.46. The van der Waals surface area contributed by atoms with Crippen LogP contribution in [0.15, 0.2) is 24.3 Å². The standard InChI is InChI=1S/C14H16N2O2/c15-11-13-3-1-12(2-4-13)5-6-14(17)16-7-9-18-10-8-16/h1-4H,5-10H2. The van der Waals surface area contributed by atoms with Gasteiger partial charge in [0.15, 0.2) is 0 Å². The normalized spacial score (nSPS) is 15.2. The third kappa shape index (κ3) is 3.31. The predicted octanol–water partition coefficient (Wildman–Crippen LogP) is 1.35. The number of morpholine rings is 1. The van der Waals surface area contributed by atoms with Crippen molar-refractivity contribution in [2.24, 2.45) is 0 Å². The van der Waals surface area contributed by atoms with Gasteiger partial charge >= 0.3 is 0 Å². The highest BCUT2D eigenvalue weighted by molar-refractivity contribution is 5.76. The van der Waals surface area contributed by atoms with Gasteiger partial charge in [-0.25, -0.2) is 0 Å². The summed E-state index contributed by atoms with van der Waals surface area (Å²) < 4.78 is 5.21. The van der Waals surface area contributed by atoms with Gasteiger partial charge in [-0.1, -0.05) is 12.1 Å². The Balaban J connectivity index is 1.83. The summed E-state index contributed by atoms with van der Waals surface area (Å²) >= 11 is 0. The number of nitriles is 1. The molecule has 0 aliphatic carbocycles. The van der Waals surface area contributed by atoms with Crippen LogP contribution in [-0.4, -0.2) is 37.1 Å². The van der Waals surface area contributed by atoms with Crippen LogP contribution in [0.3, 0.4) is 0 Å². The van der Waals surface area contributed by atoms with Crippen LogP contribution in [0, 0.1) is 11.3 Å². The highest BCUT2D eigenvalue weighted by Gasteiger charge is 2.16. The Morgan fingerprint density at radius 1 is 1.28 bits per heavy atom. The Morgan fingerprint density at radius 2 is 1.94 bits per heavy atom. The van der Waals surface area contributed by atoms with Crippen LogP contribution in [-0.2, 0) is 16.0 Å². The Labute approximate surface area is 107 Å². The van der Waals surface area contributed by atoms with Gasteiger partial charge in [-0.2, -0.15) is 5.26 Å². The smallest absolute Gasteiger partial charge is 0.223 e. The lowest BCUT2D eigenvalue weighted by atomic mass is 10.1. The van der Waals surface area contributed by atoms with E-state index in [2.05, 4.69) is 6.07 Å². The molecule has 0 aromatic heterocycles. The first-order valence-corrected chi connectivity index (χ1v) is 6.14. The van der Waals surface area contributed by atoms with Gasteiger partial charge in [0.1, 0.15) is 0 Å². The minimum Gasteiger partial charge on any atom is -0.378 e. The molecule has 1 saturated heterocycles. The lowest BCUT2D eigenvalue weighted by molar-refractivity contribution is -0.135. The Morgan fingerprint density at radius 3 is 2.56 bits per heavy atom. The number of hydrogen-bond acceptors (Lipinski definition) is 3. The molecule has 0 atom stereocenters. The summed E-state index contributed by atoms with van der Waals surface area (Å²) in [6.07, 6.45) is 1.24. The van der Waals surface area contributed by atoms with E-state index in [1.807, 2.05) is 17.0 Å². The van der Waals surface area contributed by atoms with Gasteiger partial charge in [0.25, 0.3) is 0 Å². The summed E-state index contributed by atoms with van der Waals surface area (Å²) in [6, 6.07) is 9.47. The van der Waals surface area contributed by atoms with E-state index in [9.17, 15) is 4.79 Å². The van der Waals surface area contributed by atoms with Gasteiger partial charge in [-0.15, -0.1) is 0 Å². The lowest BCUT2D eigenvalue weighted by Crippen LogP contribution is -2.40. The second-order valence-electron chi connectivity index (χ2n) is 4.30. The van der Waals surface area contributed by atoms with E-state index in [1.165, 1.54) is 0 Å². The molecular weight excluding hydrogens is 228 g/mol. The van der Waals surface area contributed by atoms with Gasteiger partial charge in [-0.3, -0.25) is 4.79 Å². The maximum Gasteiger partial charge on any atom is 0.223 e. The molecular formula is C14H16N2O2. The highest BCUT2D eigenvalue weighted by Crippen LogP contribution is 2.08. The van der Waals surface area contributed by atoms with E-state index >= 15 is 0 Å². The first-order chi connectivity index (χ1) is 8.79. The van der Waals surface area contributed by atoms with Crippen molar-refractivity contribution in [3.8, 4) is 6.07 Å². The van der Waals surface area contributed by atoms with Crippen LogP contribution < -0.4 is 0 Å². The van der Waals surface area contributed by atoms with Gasteiger partial charge in [0.05, 0.1) is 24.8 Å². The first-order valence-electron chi connectivity index (χ1n) is 6.14. The molecule has 1 amide bonds. The number of ether oxygens (including phenoxy) is 1. The molecule has 2 rings (SSSR count). The molecule has 0 bridgehead atoms. The third-order valence-electron chi connectivity index (χ3n) is 3.07. The van der Waals surface area contributed by atoms with Crippen LogP contribution in [0.5, 0.6) is 0 Å². The van der Waals surface area contributed by atoms with Crippen molar-refractivity contribution in [1.29, 1.82) is 5.26 Å². The molecule has 0 saturated carbocycles. The first kappa shape index (κ1) is 12.6. The van der Waals surface area contributed by atoms with Crippen LogP contribution >= 0.6 is 0 Å². The quantitative estimate of drug-likeness (QED) is 0.806. The zero-order valence-electron chi connectivity index (χ0n) is 10.3. The van der Waals surface area contributed by atoms with E-state index in [0.717, 1.165) is 12.0 Å². The number of carbonyl (C=O) groups is 1. The Kier molecular flexibility index (Phi) is 4.32. The number of hydrogen-bond donors (Lipinski definition) is 0. The lowest BCUT2D eigenvalue weighted by Gasteiger charge is -2.26. The van der Waals surface area contributed by atoms with E-state index < -0.39 is 0 Å². The number of rotatable bonds is 3. The van der Waals surface area contributed by atoms with Crippen molar-refractivity contribution in [3.63, 3.8) is 0 Å². The van der Waals surface area contributed by atoms with Crippen molar-refractivity contribution in [2.45, 2.75) is 12.8 Å². The monoisotopic (exact) mass is 244 g/mol. The largest absolute Gasteiger partial charge is 0.378 e. The fourth-order valence-corrected chi connectivity index (χ4v) is 1.97. The maximum absolute atomic E-state index is 11.9. The van der Waals surface area contributed by atoms with Crippen molar-refractivity contribution < 1.29 is 9.53 Å². The summed E-state index contributed by atoms with van der Waals surface area (Å²) in [6.45, 7) is 2.68. The molecule has 1 aromatic rings. The summed E-state index contributed by atoms with van der Waals surface area (Å²) in [5.41, 5.74) is 1.74. The minimum absolute atomic E-state index is 0.183. The van der Waals surface area contributed by atoms with Crippen LogP contribution in [0.2, 0.25) is 0 Å². The second-order valence-corrected chi connectivity index (χ2v) is 4.30. The van der Waals surface area contributed by atoms with Crippen molar-refractivity contribution in [1.82, 2.24) is 4.90 Å². The molecule has 1 aromatic carbocycles. The molecule has 0 spiro atoms. The maximum atomic E-state index is 11.9. The number of benzene rings is 1. The SMILES string of the molecule is N#Cc1ccc(CCC(=O)N2CCOCC2)cc1. The highest BCUT2D eigenvalue weighted by atomic mass is 16.5. The summed E-state index contributed by atoms with van der Waals surface area (Å²) in [7, 11) is 0.